The second-order valence-corrected chi connectivity index (χ2v) is 7.69. The highest BCUT2D eigenvalue weighted by Gasteiger charge is 2.17. The molecule has 2 aromatic heterocycles. The predicted octanol–water partition coefficient (Wildman–Crippen LogP) is 1.43. The number of halogens is 1. The largest absolute Gasteiger partial charge is 0.390 e. The fourth-order valence-corrected chi connectivity index (χ4v) is 3.39. The van der Waals surface area contributed by atoms with Crippen LogP contribution in [0.4, 0.5) is 5.82 Å². The molecule has 0 fully saturated rings. The normalized spacial score (nSPS) is 11.9. The number of nitrogens with two attached hydrogens (primary N) is 1. The van der Waals surface area contributed by atoms with Gasteiger partial charge in [-0.25, -0.2) is 4.98 Å². The maximum absolute atomic E-state index is 12.5. The topological polar surface area (TPSA) is 122 Å². The zero-order chi connectivity index (χ0) is 23.3. The Morgan fingerprint density at radius 1 is 1.31 bits per heavy atom. The number of carbonyl (C=O) groups is 1. The van der Waals surface area contributed by atoms with Gasteiger partial charge in [-0.15, -0.1) is 10.2 Å². The summed E-state index contributed by atoms with van der Waals surface area (Å²) < 4.78 is 1.49. The molecule has 0 aliphatic rings. The molecule has 168 valence electrons. The van der Waals surface area contributed by atoms with Crippen molar-refractivity contribution < 1.29 is 9.90 Å². The molecule has 0 aliphatic heterocycles. The van der Waals surface area contributed by atoms with Gasteiger partial charge in [-0.1, -0.05) is 37.4 Å². The summed E-state index contributed by atoms with van der Waals surface area (Å²) in [6.07, 6.45) is 0.978. The number of aliphatic hydroxyl groups excluding tert-OH is 1. The van der Waals surface area contributed by atoms with E-state index in [1.54, 1.807) is 25.4 Å². The van der Waals surface area contributed by atoms with Crippen molar-refractivity contribution in [3.63, 3.8) is 0 Å². The molecular formula is C22H26ClN7O2. The van der Waals surface area contributed by atoms with Crippen molar-refractivity contribution in [1.29, 1.82) is 0 Å². The number of carbonyl (C=O) groups excluding carboxylic acids is 1. The Morgan fingerprint density at radius 2 is 2.06 bits per heavy atom. The molecule has 1 unspecified atom stereocenters. The van der Waals surface area contributed by atoms with Crippen LogP contribution in [-0.4, -0.2) is 67.9 Å². The summed E-state index contributed by atoms with van der Waals surface area (Å²) in [6.45, 7) is 6.29. The molecule has 0 radical (unpaired) electrons. The molecule has 0 saturated carbocycles. The number of benzene rings is 1. The van der Waals surface area contributed by atoms with Crippen molar-refractivity contribution in [3.8, 4) is 11.8 Å². The molecule has 10 heteroatoms. The highest BCUT2D eigenvalue weighted by molar-refractivity contribution is 6.31. The summed E-state index contributed by atoms with van der Waals surface area (Å²) in [5, 5.41) is 23.0. The summed E-state index contributed by atoms with van der Waals surface area (Å²) in [6, 6.07) is 5.39. The first-order chi connectivity index (χ1) is 15.3. The molecule has 9 nitrogen and oxygen atoms in total. The van der Waals surface area contributed by atoms with Crippen LogP contribution in [0.1, 0.15) is 35.9 Å². The summed E-state index contributed by atoms with van der Waals surface area (Å²) in [7, 11) is 1.65. The lowest BCUT2D eigenvalue weighted by molar-refractivity contribution is 0.0857. The minimum Gasteiger partial charge on any atom is -0.390 e. The number of hydrogen-bond donors (Lipinski definition) is 3. The maximum Gasteiger partial charge on any atom is 0.289 e. The van der Waals surface area contributed by atoms with Gasteiger partial charge in [-0.3, -0.25) is 9.36 Å². The fraction of sp³-hybridized carbons (Fsp3) is 0.364. The predicted molar refractivity (Wildman–Crippen MR) is 124 cm³/mol. The van der Waals surface area contributed by atoms with E-state index in [1.165, 1.54) is 4.57 Å². The molecule has 1 amide bonds. The van der Waals surface area contributed by atoms with Crippen LogP contribution in [0.3, 0.4) is 0 Å². The van der Waals surface area contributed by atoms with Gasteiger partial charge < -0.3 is 21.1 Å². The van der Waals surface area contributed by atoms with Crippen LogP contribution in [0.2, 0.25) is 5.02 Å². The first-order valence-electron chi connectivity index (χ1n) is 10.3. The third-order valence-electron chi connectivity index (χ3n) is 5.12. The van der Waals surface area contributed by atoms with Gasteiger partial charge in [0, 0.05) is 42.1 Å². The van der Waals surface area contributed by atoms with E-state index >= 15 is 0 Å². The van der Waals surface area contributed by atoms with Crippen molar-refractivity contribution in [3.05, 3.63) is 46.6 Å². The Hall–Kier alpha value is -3.19. The number of aliphatic hydroxyl groups is 1. The number of anilines is 1. The monoisotopic (exact) mass is 455 g/mol. The Morgan fingerprint density at radius 3 is 2.78 bits per heavy atom. The smallest absolute Gasteiger partial charge is 0.289 e. The summed E-state index contributed by atoms with van der Waals surface area (Å²) in [4.78, 5) is 18.8. The van der Waals surface area contributed by atoms with Crippen molar-refractivity contribution in [2.75, 3.05) is 31.9 Å². The highest BCUT2D eigenvalue weighted by Crippen LogP contribution is 2.24. The van der Waals surface area contributed by atoms with E-state index in [0.717, 1.165) is 23.9 Å². The van der Waals surface area contributed by atoms with Gasteiger partial charge in [0.05, 0.1) is 11.7 Å². The molecule has 3 rings (SSSR count). The molecule has 0 bridgehead atoms. The van der Waals surface area contributed by atoms with Crippen LogP contribution in [-0.2, 0) is 7.05 Å². The molecule has 1 atom stereocenters. The minimum absolute atomic E-state index is 0.0939. The number of nitrogen functional groups attached to an aromatic ring is 1. The van der Waals surface area contributed by atoms with E-state index in [4.69, 9.17) is 17.3 Å². The highest BCUT2D eigenvalue weighted by atomic mass is 35.5. The van der Waals surface area contributed by atoms with Crippen molar-refractivity contribution in [1.82, 2.24) is 30.0 Å². The number of nitrogens with one attached hydrogen (secondary N) is 1. The van der Waals surface area contributed by atoms with Gasteiger partial charge >= 0.3 is 0 Å². The van der Waals surface area contributed by atoms with Crippen LogP contribution in [0.15, 0.2) is 24.4 Å². The van der Waals surface area contributed by atoms with Gasteiger partial charge in [0.25, 0.3) is 5.91 Å². The van der Waals surface area contributed by atoms with E-state index in [1.807, 2.05) is 19.9 Å². The van der Waals surface area contributed by atoms with E-state index in [9.17, 15) is 9.90 Å². The molecule has 2 heterocycles. The Kier molecular flexibility index (Phi) is 7.64. The van der Waals surface area contributed by atoms with E-state index in [-0.39, 0.29) is 24.0 Å². The number of aromatic nitrogens is 4. The first kappa shape index (κ1) is 23.5. The van der Waals surface area contributed by atoms with Crippen LogP contribution >= 0.6 is 11.6 Å². The number of fused-ring (bicyclic) bond motifs is 1. The molecular weight excluding hydrogens is 430 g/mol. The number of rotatable bonds is 7. The van der Waals surface area contributed by atoms with Crippen LogP contribution in [0.25, 0.3) is 10.8 Å². The Balaban J connectivity index is 1.76. The standard InChI is InChI=1S/C22H26ClN7O2/c1-4-30(5-2)13-16(31)12-26-22(32)21-28-27-19(29(21)3)9-8-17-18-10-15(23)7-6-14(18)11-25-20(17)24/h6-7,10-11,16,31H,4-5,12-13H2,1-3H3,(H2,24,25)(H,26,32). The second kappa shape index (κ2) is 10.4. The molecule has 0 spiro atoms. The summed E-state index contributed by atoms with van der Waals surface area (Å²) >= 11 is 6.12. The van der Waals surface area contributed by atoms with Crippen LogP contribution in [0.5, 0.6) is 0 Å². The van der Waals surface area contributed by atoms with Crippen molar-refractivity contribution in [2.45, 2.75) is 20.0 Å². The van der Waals surface area contributed by atoms with Crippen molar-refractivity contribution in [2.24, 2.45) is 7.05 Å². The van der Waals surface area contributed by atoms with E-state index < -0.39 is 12.0 Å². The van der Waals surface area contributed by atoms with Gasteiger partial charge in [-0.05, 0) is 31.1 Å². The number of likely N-dealkylation sites (N-methyl/N-ethyl adjacent to an activating group) is 1. The van der Waals surface area contributed by atoms with Gasteiger partial charge in [0.1, 0.15) is 5.82 Å². The summed E-state index contributed by atoms with van der Waals surface area (Å²) in [5.74, 6) is 6.10. The molecule has 0 aliphatic carbocycles. The minimum atomic E-state index is -0.681. The van der Waals surface area contributed by atoms with Gasteiger partial charge in [-0.2, -0.15) is 0 Å². The number of pyridine rings is 1. The number of amides is 1. The second-order valence-electron chi connectivity index (χ2n) is 7.26. The zero-order valence-electron chi connectivity index (χ0n) is 18.3. The fourth-order valence-electron chi connectivity index (χ4n) is 3.22. The average molecular weight is 456 g/mol. The van der Waals surface area contributed by atoms with Crippen LogP contribution in [0, 0.1) is 11.8 Å². The molecule has 3 aromatic rings. The molecule has 4 N–H and O–H groups in total. The zero-order valence-corrected chi connectivity index (χ0v) is 19.0. The molecule has 0 saturated heterocycles. The van der Waals surface area contributed by atoms with Gasteiger partial charge in [0.2, 0.25) is 11.6 Å². The first-order valence-corrected chi connectivity index (χ1v) is 10.7. The van der Waals surface area contributed by atoms with Crippen molar-refractivity contribution >= 4 is 34.1 Å². The molecule has 1 aromatic carbocycles. The average Bonchev–Trinajstić information content (AvgIpc) is 3.15. The Bertz CT molecular complexity index is 1170. The quantitative estimate of drug-likeness (QED) is 0.460. The lowest BCUT2D eigenvalue weighted by Gasteiger charge is -2.21. The number of hydrogen-bond acceptors (Lipinski definition) is 7. The van der Waals surface area contributed by atoms with E-state index in [0.29, 0.717) is 17.1 Å². The lowest BCUT2D eigenvalue weighted by Crippen LogP contribution is -2.40. The van der Waals surface area contributed by atoms with E-state index in [2.05, 4.69) is 37.2 Å². The Labute approximate surface area is 191 Å². The summed E-state index contributed by atoms with van der Waals surface area (Å²) in [5.41, 5.74) is 6.55. The third-order valence-corrected chi connectivity index (χ3v) is 5.36. The third kappa shape index (κ3) is 5.34. The number of nitrogens with zero attached hydrogens (tertiary/aromatic N) is 5. The SMILES string of the molecule is CCN(CC)CC(O)CNC(=O)c1nnc(C#Cc2c(N)ncc3ccc(Cl)cc23)n1C. The lowest BCUT2D eigenvalue weighted by atomic mass is 10.1. The maximum atomic E-state index is 12.5. The molecule has 32 heavy (non-hydrogen) atoms. The van der Waals surface area contributed by atoms with Crippen LogP contribution < -0.4 is 11.1 Å². The van der Waals surface area contributed by atoms with Gasteiger partial charge in [0.15, 0.2) is 0 Å².